The number of aryl methyl sites for hydroxylation is 1. The first kappa shape index (κ1) is 21.3. The van der Waals surface area contributed by atoms with Gasteiger partial charge in [-0.3, -0.25) is 9.59 Å². The number of nitrogens with one attached hydrogen (secondary N) is 1. The lowest BCUT2D eigenvalue weighted by atomic mass is 10.1. The van der Waals surface area contributed by atoms with Crippen LogP contribution < -0.4 is 10.1 Å². The number of sulfonamides is 1. The van der Waals surface area contributed by atoms with E-state index in [0.717, 1.165) is 11.1 Å². The normalized spacial score (nSPS) is 19.4. The Morgan fingerprint density at radius 1 is 1.10 bits per heavy atom. The Balaban J connectivity index is 1.41. The second-order valence-electron chi connectivity index (χ2n) is 7.85. The molecule has 0 aliphatic carbocycles. The van der Waals surface area contributed by atoms with E-state index in [2.05, 4.69) is 5.32 Å². The second kappa shape index (κ2) is 8.32. The summed E-state index contributed by atoms with van der Waals surface area (Å²) in [5, 5.41) is 2.67. The number of hydrogen-bond donors (Lipinski definition) is 1. The van der Waals surface area contributed by atoms with Gasteiger partial charge in [0.15, 0.2) is 6.10 Å². The van der Waals surface area contributed by atoms with Crippen molar-refractivity contribution in [3.63, 3.8) is 0 Å². The van der Waals surface area contributed by atoms with Gasteiger partial charge in [-0.2, -0.15) is 4.31 Å². The van der Waals surface area contributed by atoms with Crippen LogP contribution in [-0.2, 0) is 26.0 Å². The van der Waals surface area contributed by atoms with Crippen LogP contribution >= 0.6 is 0 Å². The predicted octanol–water partition coefficient (Wildman–Crippen LogP) is 1.79. The fourth-order valence-electron chi connectivity index (χ4n) is 3.67. The van der Waals surface area contributed by atoms with E-state index in [9.17, 15) is 18.0 Å². The van der Waals surface area contributed by atoms with Gasteiger partial charge in [0.2, 0.25) is 15.9 Å². The molecule has 4 rings (SSSR count). The number of piperazine rings is 1. The molecule has 2 amide bonds. The van der Waals surface area contributed by atoms with Crippen molar-refractivity contribution in [2.24, 2.45) is 0 Å². The summed E-state index contributed by atoms with van der Waals surface area (Å²) in [7, 11) is -3.75. The van der Waals surface area contributed by atoms with Crippen molar-refractivity contribution < 1.29 is 22.7 Å². The van der Waals surface area contributed by atoms with Crippen LogP contribution in [0.1, 0.15) is 18.1 Å². The zero-order valence-electron chi connectivity index (χ0n) is 17.5. The smallest absolute Gasteiger partial charge is 0.265 e. The third-order valence-electron chi connectivity index (χ3n) is 5.59. The average Bonchev–Trinajstić information content (AvgIpc) is 2.76. The number of anilines is 1. The van der Waals surface area contributed by atoms with Gasteiger partial charge < -0.3 is 15.0 Å². The fraction of sp³-hybridized carbons (Fsp3) is 0.364. The summed E-state index contributed by atoms with van der Waals surface area (Å²) in [5.74, 6) is 0.115. The fourth-order valence-corrected chi connectivity index (χ4v) is 5.12. The summed E-state index contributed by atoms with van der Waals surface area (Å²) < 4.78 is 33.0. The molecule has 0 spiro atoms. The summed E-state index contributed by atoms with van der Waals surface area (Å²) >= 11 is 0. The molecule has 1 N–H and O–H groups in total. The Kier molecular flexibility index (Phi) is 5.72. The van der Waals surface area contributed by atoms with E-state index in [-0.39, 0.29) is 29.8 Å². The van der Waals surface area contributed by atoms with Crippen LogP contribution in [0.3, 0.4) is 0 Å². The van der Waals surface area contributed by atoms with Crippen molar-refractivity contribution >= 4 is 27.5 Å². The van der Waals surface area contributed by atoms with Crippen LogP contribution in [0, 0.1) is 6.92 Å². The van der Waals surface area contributed by atoms with E-state index >= 15 is 0 Å². The molecule has 0 bridgehead atoms. The molecule has 1 saturated heterocycles. The number of rotatable bonds is 4. The van der Waals surface area contributed by atoms with Gasteiger partial charge in [0.05, 0.1) is 17.0 Å². The quantitative estimate of drug-likeness (QED) is 0.777. The molecule has 31 heavy (non-hydrogen) atoms. The van der Waals surface area contributed by atoms with Gasteiger partial charge in [0.25, 0.3) is 5.91 Å². The second-order valence-corrected chi connectivity index (χ2v) is 9.79. The first-order valence-corrected chi connectivity index (χ1v) is 11.6. The monoisotopic (exact) mass is 443 g/mol. The van der Waals surface area contributed by atoms with E-state index in [1.54, 1.807) is 17.9 Å². The topological polar surface area (TPSA) is 96.0 Å². The molecule has 2 aliphatic heterocycles. The van der Waals surface area contributed by atoms with Crippen LogP contribution in [0.2, 0.25) is 0 Å². The lowest BCUT2D eigenvalue weighted by Gasteiger charge is -2.34. The van der Waals surface area contributed by atoms with E-state index in [1.807, 2.05) is 31.2 Å². The van der Waals surface area contributed by atoms with Gasteiger partial charge in [-0.25, -0.2) is 8.42 Å². The van der Waals surface area contributed by atoms with Gasteiger partial charge in [-0.1, -0.05) is 29.8 Å². The molecule has 2 aromatic rings. The van der Waals surface area contributed by atoms with Crippen molar-refractivity contribution in [3.05, 3.63) is 53.6 Å². The highest BCUT2D eigenvalue weighted by atomic mass is 32.2. The van der Waals surface area contributed by atoms with Gasteiger partial charge in [0.1, 0.15) is 5.75 Å². The highest BCUT2D eigenvalue weighted by molar-refractivity contribution is 7.89. The summed E-state index contributed by atoms with van der Waals surface area (Å²) in [5.41, 5.74) is 2.42. The molecule has 1 atom stereocenters. The van der Waals surface area contributed by atoms with E-state index in [1.165, 1.54) is 16.4 Å². The zero-order valence-corrected chi connectivity index (χ0v) is 18.3. The van der Waals surface area contributed by atoms with Crippen LogP contribution in [0.15, 0.2) is 47.4 Å². The number of ether oxygens (including phenoxy) is 1. The molecule has 0 aromatic heterocycles. The van der Waals surface area contributed by atoms with Crippen LogP contribution in [-0.4, -0.2) is 61.7 Å². The maximum absolute atomic E-state index is 13.1. The predicted molar refractivity (Wildman–Crippen MR) is 115 cm³/mol. The van der Waals surface area contributed by atoms with Gasteiger partial charge in [0, 0.05) is 26.2 Å². The number of benzene rings is 2. The molecular formula is C22H25N3O5S. The molecule has 9 heteroatoms. The molecule has 164 valence electrons. The standard InChI is InChI=1S/C22H25N3O5S/c1-15-3-5-17(6-4-15)13-21(26)24-9-11-25(12-10-24)31(28,29)18-7-8-20-19(14-18)23-22(27)16(2)30-20/h3-8,14,16H,9-13H2,1-2H3,(H,23,27)/t16-/m1/s1. The largest absolute Gasteiger partial charge is 0.479 e. The molecule has 1 fully saturated rings. The Morgan fingerprint density at radius 2 is 1.77 bits per heavy atom. The molecule has 0 unspecified atom stereocenters. The molecule has 0 radical (unpaired) electrons. The minimum absolute atomic E-state index is 0.0105. The van der Waals surface area contributed by atoms with Crippen molar-refractivity contribution in [1.29, 1.82) is 0 Å². The maximum Gasteiger partial charge on any atom is 0.265 e. The first-order chi connectivity index (χ1) is 14.7. The third kappa shape index (κ3) is 4.42. The molecule has 2 heterocycles. The summed E-state index contributed by atoms with van der Waals surface area (Å²) in [4.78, 5) is 26.2. The van der Waals surface area contributed by atoms with Crippen molar-refractivity contribution in [1.82, 2.24) is 9.21 Å². The minimum Gasteiger partial charge on any atom is -0.479 e. The molecule has 8 nitrogen and oxygen atoms in total. The van der Waals surface area contributed by atoms with Gasteiger partial charge in [-0.05, 0) is 37.6 Å². The van der Waals surface area contributed by atoms with Crippen molar-refractivity contribution in [3.8, 4) is 5.75 Å². The third-order valence-corrected chi connectivity index (χ3v) is 7.48. The molecule has 2 aliphatic rings. The zero-order chi connectivity index (χ0) is 22.2. The number of amides is 2. The van der Waals surface area contributed by atoms with E-state index in [0.29, 0.717) is 30.9 Å². The Morgan fingerprint density at radius 3 is 2.45 bits per heavy atom. The lowest BCUT2D eigenvalue weighted by Crippen LogP contribution is -2.50. The summed E-state index contributed by atoms with van der Waals surface area (Å²) in [6.07, 6.45) is -0.323. The molecular weight excluding hydrogens is 418 g/mol. The lowest BCUT2D eigenvalue weighted by molar-refractivity contribution is -0.131. The highest BCUT2D eigenvalue weighted by Crippen LogP contribution is 2.33. The summed E-state index contributed by atoms with van der Waals surface area (Å²) in [6.45, 7) is 4.74. The molecule has 0 saturated carbocycles. The Bertz CT molecular complexity index is 1110. The van der Waals surface area contributed by atoms with Gasteiger partial charge >= 0.3 is 0 Å². The molecule has 2 aromatic carbocycles. The van der Waals surface area contributed by atoms with Crippen LogP contribution in [0.25, 0.3) is 0 Å². The Labute approximate surface area is 181 Å². The van der Waals surface area contributed by atoms with Crippen molar-refractivity contribution in [2.75, 3.05) is 31.5 Å². The SMILES string of the molecule is Cc1ccc(CC(=O)N2CCN(S(=O)(=O)c3ccc4c(c3)NC(=O)[C@@H](C)O4)CC2)cc1. The van der Waals surface area contributed by atoms with E-state index < -0.39 is 16.1 Å². The highest BCUT2D eigenvalue weighted by Gasteiger charge is 2.32. The number of carbonyl (C=O) groups is 2. The number of nitrogens with zero attached hydrogens (tertiary/aromatic N) is 2. The van der Waals surface area contributed by atoms with Crippen molar-refractivity contribution in [2.45, 2.75) is 31.3 Å². The van der Waals surface area contributed by atoms with Gasteiger partial charge in [-0.15, -0.1) is 0 Å². The minimum atomic E-state index is -3.75. The van der Waals surface area contributed by atoms with Crippen LogP contribution in [0.4, 0.5) is 5.69 Å². The Hall–Kier alpha value is -2.91. The van der Waals surface area contributed by atoms with Crippen LogP contribution in [0.5, 0.6) is 5.75 Å². The maximum atomic E-state index is 13.1. The summed E-state index contributed by atoms with van der Waals surface area (Å²) in [6, 6.07) is 12.3. The number of hydrogen-bond acceptors (Lipinski definition) is 5. The van der Waals surface area contributed by atoms with E-state index in [4.69, 9.17) is 4.74 Å². The number of carbonyl (C=O) groups excluding carboxylic acids is 2. The first-order valence-electron chi connectivity index (χ1n) is 10.2. The number of fused-ring (bicyclic) bond motifs is 1. The average molecular weight is 444 g/mol.